The second-order valence-electron chi connectivity index (χ2n) is 5.57. The third kappa shape index (κ3) is 3.68. The van der Waals surface area contributed by atoms with Crippen molar-refractivity contribution in [3.8, 4) is 0 Å². The Morgan fingerprint density at radius 1 is 1.30 bits per heavy atom. The fourth-order valence-electron chi connectivity index (χ4n) is 2.18. The Morgan fingerprint density at radius 3 is 2.70 bits per heavy atom. The van der Waals surface area contributed by atoms with Crippen LogP contribution in [0.2, 0.25) is 0 Å². The standard InChI is InChI=1S/C17H24N2S/c1-5-9-18-16(14-8-6-7-13(4)10-14)17-19-15(11-20-17)12(2)3/h6-8,10-12,16,18H,5,9H2,1-4H3. The highest BCUT2D eigenvalue weighted by molar-refractivity contribution is 7.09. The van der Waals surface area contributed by atoms with E-state index in [9.17, 15) is 0 Å². The van der Waals surface area contributed by atoms with Gasteiger partial charge in [0.05, 0.1) is 11.7 Å². The number of nitrogens with one attached hydrogen (secondary N) is 1. The molecular weight excluding hydrogens is 264 g/mol. The van der Waals surface area contributed by atoms with Crippen LogP contribution in [0.5, 0.6) is 0 Å². The van der Waals surface area contributed by atoms with Crippen molar-refractivity contribution in [1.82, 2.24) is 10.3 Å². The number of hydrogen-bond acceptors (Lipinski definition) is 3. The number of hydrogen-bond donors (Lipinski definition) is 1. The van der Waals surface area contributed by atoms with Crippen molar-refractivity contribution < 1.29 is 0 Å². The van der Waals surface area contributed by atoms with Crippen LogP contribution in [0.15, 0.2) is 29.6 Å². The molecule has 1 aromatic heterocycles. The molecule has 108 valence electrons. The van der Waals surface area contributed by atoms with Gasteiger partial charge in [0.15, 0.2) is 0 Å². The highest BCUT2D eigenvalue weighted by atomic mass is 32.1. The molecule has 0 aliphatic rings. The summed E-state index contributed by atoms with van der Waals surface area (Å²) in [6.45, 7) is 9.73. The lowest BCUT2D eigenvalue weighted by Gasteiger charge is -2.17. The molecular formula is C17H24N2S. The molecule has 0 saturated carbocycles. The molecule has 1 atom stereocenters. The number of rotatable bonds is 6. The zero-order valence-electron chi connectivity index (χ0n) is 12.8. The lowest BCUT2D eigenvalue weighted by Crippen LogP contribution is -2.23. The van der Waals surface area contributed by atoms with Crippen LogP contribution in [0.25, 0.3) is 0 Å². The summed E-state index contributed by atoms with van der Waals surface area (Å²) in [6, 6.07) is 8.93. The van der Waals surface area contributed by atoms with Gasteiger partial charge in [0, 0.05) is 5.38 Å². The maximum atomic E-state index is 4.83. The molecule has 1 aromatic carbocycles. The average molecular weight is 288 g/mol. The van der Waals surface area contributed by atoms with Crippen molar-refractivity contribution >= 4 is 11.3 Å². The molecule has 0 bridgehead atoms. The molecule has 0 amide bonds. The van der Waals surface area contributed by atoms with Gasteiger partial charge in [-0.2, -0.15) is 0 Å². The number of aryl methyl sites for hydroxylation is 1. The molecule has 1 heterocycles. The lowest BCUT2D eigenvalue weighted by atomic mass is 10.0. The molecule has 2 rings (SSSR count). The first-order valence-electron chi connectivity index (χ1n) is 7.37. The molecule has 0 fully saturated rings. The average Bonchev–Trinajstić information content (AvgIpc) is 2.89. The molecule has 2 nitrogen and oxygen atoms in total. The summed E-state index contributed by atoms with van der Waals surface area (Å²) in [7, 11) is 0. The fraction of sp³-hybridized carbons (Fsp3) is 0.471. The lowest BCUT2D eigenvalue weighted by molar-refractivity contribution is 0.593. The van der Waals surface area contributed by atoms with Crippen molar-refractivity contribution in [3.63, 3.8) is 0 Å². The number of thiazole rings is 1. The van der Waals surface area contributed by atoms with E-state index in [0.29, 0.717) is 5.92 Å². The summed E-state index contributed by atoms with van der Waals surface area (Å²) in [5.41, 5.74) is 3.80. The van der Waals surface area contributed by atoms with Gasteiger partial charge in [-0.3, -0.25) is 0 Å². The van der Waals surface area contributed by atoms with E-state index in [2.05, 4.69) is 62.7 Å². The summed E-state index contributed by atoms with van der Waals surface area (Å²) in [5.74, 6) is 0.490. The molecule has 0 radical (unpaired) electrons. The third-order valence-corrected chi connectivity index (χ3v) is 4.28. The fourth-order valence-corrected chi connectivity index (χ4v) is 3.26. The minimum atomic E-state index is 0.215. The molecule has 2 aromatic rings. The first-order chi connectivity index (χ1) is 9.61. The molecule has 0 saturated heterocycles. The molecule has 1 unspecified atom stereocenters. The second kappa shape index (κ2) is 7.00. The van der Waals surface area contributed by atoms with Crippen LogP contribution in [0, 0.1) is 6.92 Å². The van der Waals surface area contributed by atoms with Gasteiger partial charge < -0.3 is 5.32 Å². The first kappa shape index (κ1) is 15.2. The summed E-state index contributed by atoms with van der Waals surface area (Å²) in [5, 5.41) is 6.99. The Morgan fingerprint density at radius 2 is 2.10 bits per heavy atom. The van der Waals surface area contributed by atoms with Crippen LogP contribution in [0.1, 0.15) is 61.0 Å². The number of nitrogens with zero attached hydrogens (tertiary/aromatic N) is 1. The van der Waals surface area contributed by atoms with E-state index < -0.39 is 0 Å². The minimum Gasteiger partial charge on any atom is -0.304 e. The highest BCUT2D eigenvalue weighted by Gasteiger charge is 2.18. The smallest absolute Gasteiger partial charge is 0.114 e. The molecule has 3 heteroatoms. The Bertz CT molecular complexity index is 545. The number of benzene rings is 1. The Hall–Kier alpha value is -1.19. The molecule has 0 aliphatic carbocycles. The van der Waals surface area contributed by atoms with E-state index >= 15 is 0 Å². The summed E-state index contributed by atoms with van der Waals surface area (Å²) in [4.78, 5) is 4.83. The van der Waals surface area contributed by atoms with E-state index in [1.54, 1.807) is 11.3 Å². The van der Waals surface area contributed by atoms with Crippen LogP contribution in [-0.4, -0.2) is 11.5 Å². The minimum absolute atomic E-state index is 0.215. The maximum absolute atomic E-state index is 4.83. The first-order valence-corrected chi connectivity index (χ1v) is 8.25. The largest absolute Gasteiger partial charge is 0.304 e. The van der Waals surface area contributed by atoms with Gasteiger partial charge in [-0.1, -0.05) is 50.6 Å². The Balaban J connectivity index is 2.31. The van der Waals surface area contributed by atoms with E-state index in [4.69, 9.17) is 4.98 Å². The summed E-state index contributed by atoms with van der Waals surface area (Å²) >= 11 is 1.76. The van der Waals surface area contributed by atoms with E-state index in [-0.39, 0.29) is 6.04 Å². The quantitative estimate of drug-likeness (QED) is 0.836. The predicted octanol–water partition coefficient (Wildman–Crippen LogP) is 4.66. The van der Waals surface area contributed by atoms with Crippen molar-refractivity contribution in [2.75, 3.05) is 6.54 Å². The van der Waals surface area contributed by atoms with Gasteiger partial charge in [-0.25, -0.2) is 4.98 Å². The monoisotopic (exact) mass is 288 g/mol. The van der Waals surface area contributed by atoms with E-state index in [0.717, 1.165) is 13.0 Å². The molecule has 0 spiro atoms. The van der Waals surface area contributed by atoms with Gasteiger partial charge >= 0.3 is 0 Å². The van der Waals surface area contributed by atoms with Crippen molar-refractivity contribution in [2.45, 2.75) is 46.1 Å². The maximum Gasteiger partial charge on any atom is 0.114 e. The van der Waals surface area contributed by atoms with Crippen LogP contribution in [-0.2, 0) is 0 Å². The Labute approximate surface area is 126 Å². The SMILES string of the molecule is CCCNC(c1cccc(C)c1)c1nc(C(C)C)cs1. The third-order valence-electron chi connectivity index (χ3n) is 3.35. The normalized spacial score (nSPS) is 12.8. The van der Waals surface area contributed by atoms with Gasteiger partial charge in [-0.15, -0.1) is 11.3 Å². The van der Waals surface area contributed by atoms with Crippen LogP contribution < -0.4 is 5.32 Å². The van der Waals surface area contributed by atoms with Gasteiger partial charge in [0.2, 0.25) is 0 Å². The molecule has 1 N–H and O–H groups in total. The molecule has 20 heavy (non-hydrogen) atoms. The highest BCUT2D eigenvalue weighted by Crippen LogP contribution is 2.28. The van der Waals surface area contributed by atoms with Gasteiger partial charge in [-0.05, 0) is 31.4 Å². The molecule has 0 aliphatic heterocycles. The number of aromatic nitrogens is 1. The topological polar surface area (TPSA) is 24.9 Å². The van der Waals surface area contributed by atoms with E-state index in [1.165, 1.54) is 21.8 Å². The summed E-state index contributed by atoms with van der Waals surface area (Å²) in [6.07, 6.45) is 1.13. The van der Waals surface area contributed by atoms with Crippen molar-refractivity contribution in [3.05, 3.63) is 51.5 Å². The van der Waals surface area contributed by atoms with Gasteiger partial charge in [0.25, 0.3) is 0 Å². The van der Waals surface area contributed by atoms with Crippen LogP contribution in [0.3, 0.4) is 0 Å². The Kier molecular flexibility index (Phi) is 5.32. The zero-order valence-corrected chi connectivity index (χ0v) is 13.6. The predicted molar refractivity (Wildman–Crippen MR) is 87.5 cm³/mol. The van der Waals surface area contributed by atoms with Gasteiger partial charge in [0.1, 0.15) is 5.01 Å². The second-order valence-corrected chi connectivity index (χ2v) is 6.46. The van der Waals surface area contributed by atoms with Crippen molar-refractivity contribution in [1.29, 1.82) is 0 Å². The van der Waals surface area contributed by atoms with Crippen LogP contribution in [0.4, 0.5) is 0 Å². The summed E-state index contributed by atoms with van der Waals surface area (Å²) < 4.78 is 0. The van der Waals surface area contributed by atoms with Crippen molar-refractivity contribution in [2.24, 2.45) is 0 Å². The zero-order chi connectivity index (χ0) is 14.5. The van der Waals surface area contributed by atoms with Crippen LogP contribution >= 0.6 is 11.3 Å². The van der Waals surface area contributed by atoms with E-state index in [1.807, 2.05) is 0 Å².